The van der Waals surface area contributed by atoms with Gasteiger partial charge in [-0.15, -0.1) is 0 Å². The fourth-order valence-electron chi connectivity index (χ4n) is 1.32. The van der Waals surface area contributed by atoms with Gasteiger partial charge in [0.25, 0.3) is 0 Å². The van der Waals surface area contributed by atoms with Crippen molar-refractivity contribution in [3.63, 3.8) is 0 Å². The molecule has 0 spiro atoms. The average Bonchev–Trinajstić information content (AvgIpc) is 2.75. The lowest BCUT2D eigenvalue weighted by atomic mass is 10.3. The molecule has 1 aromatic heterocycles. The minimum absolute atomic E-state index is 0.517. The largest absolute Gasteiger partial charge is 0.488 e. The number of rotatable bonds is 5. The number of hydrogen-bond acceptors (Lipinski definition) is 4. The molecule has 0 aliphatic heterocycles. The van der Waals surface area contributed by atoms with E-state index in [1.54, 1.807) is 17.4 Å². The summed E-state index contributed by atoms with van der Waals surface area (Å²) in [6.07, 6.45) is 1.83. The van der Waals surface area contributed by atoms with Crippen LogP contribution in [0.4, 0.5) is 5.13 Å². The van der Waals surface area contributed by atoms with Crippen LogP contribution in [-0.2, 0) is 6.61 Å². The number of nitrogens with zero attached hydrogens (tertiary/aromatic N) is 1. The second kappa shape index (κ2) is 5.89. The van der Waals surface area contributed by atoms with Crippen LogP contribution in [0.5, 0.6) is 5.75 Å². The van der Waals surface area contributed by atoms with E-state index >= 15 is 0 Å². The zero-order valence-electron chi connectivity index (χ0n) is 9.44. The Bertz CT molecular complexity index is 487. The molecule has 2 aromatic rings. The Morgan fingerprint density at radius 3 is 3.12 bits per heavy atom. The van der Waals surface area contributed by atoms with Gasteiger partial charge in [0.2, 0.25) is 0 Å². The van der Waals surface area contributed by atoms with Gasteiger partial charge in [-0.1, -0.05) is 29.0 Å². The number of benzene rings is 1. The van der Waals surface area contributed by atoms with Crippen LogP contribution in [-0.4, -0.2) is 11.5 Å². The van der Waals surface area contributed by atoms with Crippen LogP contribution in [0.3, 0.4) is 0 Å². The van der Waals surface area contributed by atoms with Crippen molar-refractivity contribution in [1.29, 1.82) is 0 Å². The van der Waals surface area contributed by atoms with Crippen LogP contribution >= 0.6 is 22.9 Å². The minimum Gasteiger partial charge on any atom is -0.488 e. The van der Waals surface area contributed by atoms with Crippen molar-refractivity contribution >= 4 is 28.1 Å². The molecule has 17 heavy (non-hydrogen) atoms. The van der Waals surface area contributed by atoms with Gasteiger partial charge in [0.05, 0.1) is 4.88 Å². The van der Waals surface area contributed by atoms with Crippen LogP contribution in [0.1, 0.15) is 11.8 Å². The van der Waals surface area contributed by atoms with Gasteiger partial charge in [0.15, 0.2) is 5.13 Å². The van der Waals surface area contributed by atoms with Crippen LogP contribution in [0.25, 0.3) is 0 Å². The van der Waals surface area contributed by atoms with Crippen LogP contribution < -0.4 is 10.1 Å². The standard InChI is InChI=1S/C12H13ClN2OS/c1-2-14-12-15-7-11(17-12)8-16-10-5-3-4-9(13)6-10/h3-7H,2,8H2,1H3,(H,14,15). The Morgan fingerprint density at radius 1 is 1.47 bits per heavy atom. The van der Waals surface area contributed by atoms with Gasteiger partial charge in [-0.3, -0.25) is 0 Å². The van der Waals surface area contributed by atoms with E-state index in [1.165, 1.54) is 0 Å². The second-order valence-electron chi connectivity index (χ2n) is 3.41. The van der Waals surface area contributed by atoms with Gasteiger partial charge >= 0.3 is 0 Å². The molecule has 0 unspecified atom stereocenters. The summed E-state index contributed by atoms with van der Waals surface area (Å²) in [7, 11) is 0. The van der Waals surface area contributed by atoms with E-state index in [-0.39, 0.29) is 0 Å². The molecule has 0 fully saturated rings. The quantitative estimate of drug-likeness (QED) is 0.895. The predicted octanol–water partition coefficient (Wildman–Crippen LogP) is 3.81. The third kappa shape index (κ3) is 3.61. The zero-order valence-corrected chi connectivity index (χ0v) is 11.0. The number of ether oxygens (including phenoxy) is 1. The molecule has 90 valence electrons. The van der Waals surface area contributed by atoms with E-state index in [4.69, 9.17) is 16.3 Å². The van der Waals surface area contributed by atoms with Gasteiger partial charge in [-0.25, -0.2) is 4.98 Å². The van der Waals surface area contributed by atoms with Gasteiger partial charge in [-0.2, -0.15) is 0 Å². The van der Waals surface area contributed by atoms with Crippen molar-refractivity contribution in [3.05, 3.63) is 40.4 Å². The van der Waals surface area contributed by atoms with Crippen molar-refractivity contribution in [2.24, 2.45) is 0 Å². The number of thiazole rings is 1. The van der Waals surface area contributed by atoms with Crippen LogP contribution in [0.2, 0.25) is 5.02 Å². The molecule has 0 aliphatic rings. The number of anilines is 1. The first-order valence-electron chi connectivity index (χ1n) is 5.35. The van der Waals surface area contributed by atoms with Crippen molar-refractivity contribution < 1.29 is 4.74 Å². The van der Waals surface area contributed by atoms with Crippen LogP contribution in [0, 0.1) is 0 Å². The Labute approximate surface area is 109 Å². The number of aromatic nitrogens is 1. The normalized spacial score (nSPS) is 10.2. The minimum atomic E-state index is 0.517. The predicted molar refractivity (Wildman–Crippen MR) is 72.1 cm³/mol. The third-order valence-corrected chi connectivity index (χ3v) is 3.22. The first-order chi connectivity index (χ1) is 8.28. The fraction of sp³-hybridized carbons (Fsp3) is 0.250. The molecule has 1 N–H and O–H groups in total. The van der Waals surface area contributed by atoms with E-state index in [2.05, 4.69) is 10.3 Å². The van der Waals surface area contributed by atoms with Gasteiger partial charge < -0.3 is 10.1 Å². The summed E-state index contributed by atoms with van der Waals surface area (Å²) in [5.41, 5.74) is 0. The SMILES string of the molecule is CCNc1ncc(COc2cccc(Cl)c2)s1. The highest BCUT2D eigenvalue weighted by molar-refractivity contribution is 7.15. The van der Waals surface area contributed by atoms with E-state index in [9.17, 15) is 0 Å². The lowest BCUT2D eigenvalue weighted by Crippen LogP contribution is -1.94. The molecular formula is C12H13ClN2OS. The Morgan fingerprint density at radius 2 is 2.35 bits per heavy atom. The van der Waals surface area contributed by atoms with Gasteiger partial charge in [0.1, 0.15) is 12.4 Å². The van der Waals surface area contributed by atoms with Crippen molar-refractivity contribution in [3.8, 4) is 5.75 Å². The summed E-state index contributed by atoms with van der Waals surface area (Å²) in [5, 5.41) is 4.77. The molecule has 0 saturated carbocycles. The first-order valence-corrected chi connectivity index (χ1v) is 6.54. The summed E-state index contributed by atoms with van der Waals surface area (Å²) < 4.78 is 5.62. The maximum Gasteiger partial charge on any atom is 0.182 e. The summed E-state index contributed by atoms with van der Waals surface area (Å²) >= 11 is 7.47. The topological polar surface area (TPSA) is 34.2 Å². The molecule has 0 bridgehead atoms. The van der Waals surface area contributed by atoms with Gasteiger partial charge in [-0.05, 0) is 25.1 Å². The summed E-state index contributed by atoms with van der Waals surface area (Å²) in [5.74, 6) is 0.774. The van der Waals surface area contributed by atoms with E-state index in [0.29, 0.717) is 11.6 Å². The number of halogens is 1. The smallest absolute Gasteiger partial charge is 0.182 e. The molecule has 0 saturated heterocycles. The van der Waals surface area contributed by atoms with E-state index in [0.717, 1.165) is 22.3 Å². The molecule has 1 aromatic carbocycles. The second-order valence-corrected chi connectivity index (χ2v) is 4.96. The van der Waals surface area contributed by atoms with Gasteiger partial charge in [0, 0.05) is 17.8 Å². The van der Waals surface area contributed by atoms with Crippen molar-refractivity contribution in [1.82, 2.24) is 4.98 Å². The maximum atomic E-state index is 5.87. The Kier molecular flexibility index (Phi) is 4.23. The Hall–Kier alpha value is -1.26. The average molecular weight is 269 g/mol. The highest BCUT2D eigenvalue weighted by Gasteiger charge is 2.02. The highest BCUT2D eigenvalue weighted by atomic mass is 35.5. The Balaban J connectivity index is 1.93. The lowest BCUT2D eigenvalue weighted by molar-refractivity contribution is 0.309. The van der Waals surface area contributed by atoms with Crippen LogP contribution in [0.15, 0.2) is 30.5 Å². The molecule has 5 heteroatoms. The summed E-state index contributed by atoms with van der Waals surface area (Å²) in [6, 6.07) is 7.38. The molecule has 0 amide bonds. The molecule has 0 aliphatic carbocycles. The molecule has 0 radical (unpaired) electrons. The monoisotopic (exact) mass is 268 g/mol. The number of hydrogen-bond donors (Lipinski definition) is 1. The highest BCUT2D eigenvalue weighted by Crippen LogP contribution is 2.22. The lowest BCUT2D eigenvalue weighted by Gasteiger charge is -2.03. The summed E-state index contributed by atoms with van der Waals surface area (Å²) in [4.78, 5) is 5.32. The first kappa shape index (κ1) is 12.2. The van der Waals surface area contributed by atoms with E-state index < -0.39 is 0 Å². The van der Waals surface area contributed by atoms with Crippen molar-refractivity contribution in [2.75, 3.05) is 11.9 Å². The van der Waals surface area contributed by atoms with E-state index in [1.807, 2.05) is 31.3 Å². The number of nitrogens with one attached hydrogen (secondary N) is 1. The molecule has 0 atom stereocenters. The molecule has 1 heterocycles. The van der Waals surface area contributed by atoms with Crippen molar-refractivity contribution in [2.45, 2.75) is 13.5 Å². The fourth-order valence-corrected chi connectivity index (χ4v) is 2.29. The molecular weight excluding hydrogens is 256 g/mol. The third-order valence-electron chi connectivity index (χ3n) is 2.06. The molecule has 2 rings (SSSR count). The molecule has 3 nitrogen and oxygen atoms in total. The summed E-state index contributed by atoms with van der Waals surface area (Å²) in [6.45, 7) is 3.44. The zero-order chi connectivity index (χ0) is 12.1. The maximum absolute atomic E-state index is 5.87.